The second-order valence-electron chi connectivity index (χ2n) is 8.40. The van der Waals surface area contributed by atoms with Gasteiger partial charge in [-0.1, -0.05) is 33.6 Å². The number of hydrogen-bond donors (Lipinski definition) is 1. The third kappa shape index (κ3) is 3.98. The first-order valence-electron chi connectivity index (χ1n) is 8.85. The molecule has 2 heteroatoms. The number of rotatable bonds is 4. The monoisotopic (exact) mass is 280 g/mol. The van der Waals surface area contributed by atoms with E-state index in [9.17, 15) is 0 Å². The minimum absolute atomic E-state index is 0.564. The van der Waals surface area contributed by atoms with Gasteiger partial charge in [0, 0.05) is 18.6 Å². The fourth-order valence-corrected chi connectivity index (χ4v) is 4.58. The van der Waals surface area contributed by atoms with E-state index in [0.29, 0.717) is 11.5 Å². The van der Waals surface area contributed by atoms with E-state index in [0.717, 1.165) is 24.4 Å². The summed E-state index contributed by atoms with van der Waals surface area (Å²) >= 11 is 0. The predicted molar refractivity (Wildman–Crippen MR) is 87.8 cm³/mol. The molecule has 0 aromatic carbocycles. The Hall–Kier alpha value is -0.0800. The van der Waals surface area contributed by atoms with Crippen molar-refractivity contribution in [3.8, 4) is 0 Å². The first-order chi connectivity index (χ1) is 9.43. The van der Waals surface area contributed by atoms with E-state index in [4.69, 9.17) is 5.73 Å². The third-order valence-electron chi connectivity index (χ3n) is 6.17. The van der Waals surface area contributed by atoms with E-state index in [1.54, 1.807) is 0 Å². The average Bonchev–Trinajstić information content (AvgIpc) is 2.39. The van der Waals surface area contributed by atoms with Gasteiger partial charge in [-0.25, -0.2) is 0 Å². The third-order valence-corrected chi connectivity index (χ3v) is 6.17. The van der Waals surface area contributed by atoms with Crippen molar-refractivity contribution < 1.29 is 0 Å². The summed E-state index contributed by atoms with van der Waals surface area (Å²) < 4.78 is 0. The van der Waals surface area contributed by atoms with Gasteiger partial charge in [0.2, 0.25) is 0 Å². The predicted octanol–water partition coefficient (Wildman–Crippen LogP) is 4.04. The van der Waals surface area contributed by atoms with Gasteiger partial charge in [-0.15, -0.1) is 0 Å². The lowest BCUT2D eigenvalue weighted by Crippen LogP contribution is -2.50. The first-order valence-corrected chi connectivity index (χ1v) is 8.85. The number of likely N-dealkylation sites (N-methyl/N-ethyl adjacent to an activating group) is 1. The highest BCUT2D eigenvalue weighted by Crippen LogP contribution is 2.39. The summed E-state index contributed by atoms with van der Waals surface area (Å²) in [5.41, 5.74) is 6.73. The van der Waals surface area contributed by atoms with Crippen molar-refractivity contribution >= 4 is 0 Å². The van der Waals surface area contributed by atoms with Crippen molar-refractivity contribution in [1.29, 1.82) is 0 Å². The van der Waals surface area contributed by atoms with Crippen LogP contribution in [0.4, 0.5) is 0 Å². The second-order valence-corrected chi connectivity index (χ2v) is 8.40. The largest absolute Gasteiger partial charge is 0.329 e. The molecule has 0 bridgehead atoms. The highest BCUT2D eigenvalue weighted by Gasteiger charge is 2.34. The van der Waals surface area contributed by atoms with Crippen molar-refractivity contribution in [2.24, 2.45) is 23.0 Å². The van der Waals surface area contributed by atoms with Gasteiger partial charge in [-0.2, -0.15) is 0 Å². The molecule has 0 amide bonds. The molecule has 3 unspecified atom stereocenters. The van der Waals surface area contributed by atoms with Crippen LogP contribution in [0.15, 0.2) is 0 Å². The Kier molecular flexibility index (Phi) is 5.53. The molecule has 118 valence electrons. The van der Waals surface area contributed by atoms with Crippen molar-refractivity contribution in [2.45, 2.75) is 84.2 Å². The number of hydrogen-bond acceptors (Lipinski definition) is 2. The SMILES string of the molecule is CC1CCCC(C(CN)N(C)C2CCC(C)(C)CC2)C1. The quantitative estimate of drug-likeness (QED) is 0.842. The fraction of sp³-hybridized carbons (Fsp3) is 1.00. The molecule has 2 rings (SSSR count). The van der Waals surface area contributed by atoms with Gasteiger partial charge >= 0.3 is 0 Å². The van der Waals surface area contributed by atoms with Crippen LogP contribution in [0.1, 0.15) is 72.1 Å². The molecule has 0 aromatic heterocycles. The van der Waals surface area contributed by atoms with Crippen LogP contribution in [0, 0.1) is 17.3 Å². The standard InChI is InChI=1S/C18H36N2/c1-14-6-5-7-15(12-14)17(13-19)20(4)16-8-10-18(2,3)11-9-16/h14-17H,5-13,19H2,1-4H3. The van der Waals surface area contributed by atoms with E-state index in [2.05, 4.69) is 32.7 Å². The maximum Gasteiger partial charge on any atom is 0.0246 e. The topological polar surface area (TPSA) is 29.3 Å². The van der Waals surface area contributed by atoms with Crippen molar-refractivity contribution in [1.82, 2.24) is 4.90 Å². The maximum atomic E-state index is 6.17. The Bertz CT molecular complexity index is 290. The zero-order valence-corrected chi connectivity index (χ0v) is 14.2. The van der Waals surface area contributed by atoms with Crippen LogP contribution in [0.3, 0.4) is 0 Å². The van der Waals surface area contributed by atoms with Gasteiger partial charge in [0.25, 0.3) is 0 Å². The Labute approximate surface area is 126 Å². The molecule has 2 fully saturated rings. The average molecular weight is 280 g/mol. The van der Waals surface area contributed by atoms with E-state index in [1.807, 2.05) is 0 Å². The van der Waals surface area contributed by atoms with Crippen LogP contribution < -0.4 is 5.73 Å². The smallest absolute Gasteiger partial charge is 0.0246 e. The molecule has 2 aliphatic rings. The highest BCUT2D eigenvalue weighted by atomic mass is 15.2. The zero-order chi connectivity index (χ0) is 14.8. The van der Waals surface area contributed by atoms with Crippen LogP contribution in [-0.2, 0) is 0 Å². The summed E-state index contributed by atoms with van der Waals surface area (Å²) in [6.07, 6.45) is 11.1. The number of nitrogens with zero attached hydrogens (tertiary/aromatic N) is 1. The summed E-state index contributed by atoms with van der Waals surface area (Å²) in [6.45, 7) is 8.11. The molecule has 20 heavy (non-hydrogen) atoms. The van der Waals surface area contributed by atoms with Crippen LogP contribution in [0.5, 0.6) is 0 Å². The van der Waals surface area contributed by atoms with Gasteiger partial charge in [-0.3, -0.25) is 4.90 Å². The van der Waals surface area contributed by atoms with Crippen LogP contribution in [0.2, 0.25) is 0 Å². The van der Waals surface area contributed by atoms with E-state index < -0.39 is 0 Å². The summed E-state index contributed by atoms with van der Waals surface area (Å²) in [5.74, 6) is 1.74. The van der Waals surface area contributed by atoms with Crippen molar-refractivity contribution in [2.75, 3.05) is 13.6 Å². The molecule has 2 N–H and O–H groups in total. The van der Waals surface area contributed by atoms with Gasteiger partial charge in [0.05, 0.1) is 0 Å². The Balaban J connectivity index is 1.93. The summed E-state index contributed by atoms with van der Waals surface area (Å²) in [4.78, 5) is 2.66. The molecule has 0 spiro atoms. The second kappa shape index (κ2) is 6.79. The highest BCUT2D eigenvalue weighted by molar-refractivity contribution is 4.89. The van der Waals surface area contributed by atoms with Gasteiger partial charge in [0.1, 0.15) is 0 Å². The van der Waals surface area contributed by atoms with Gasteiger partial charge < -0.3 is 5.73 Å². The minimum Gasteiger partial charge on any atom is -0.329 e. The zero-order valence-electron chi connectivity index (χ0n) is 14.2. The Morgan fingerprint density at radius 1 is 1.15 bits per heavy atom. The molecule has 0 saturated heterocycles. The molecule has 0 aliphatic heterocycles. The maximum absolute atomic E-state index is 6.17. The lowest BCUT2D eigenvalue weighted by molar-refractivity contribution is 0.0555. The summed E-state index contributed by atoms with van der Waals surface area (Å²) in [6, 6.07) is 1.39. The van der Waals surface area contributed by atoms with Crippen LogP contribution >= 0.6 is 0 Å². The molecule has 2 saturated carbocycles. The minimum atomic E-state index is 0.564. The van der Waals surface area contributed by atoms with Crippen LogP contribution in [0.25, 0.3) is 0 Å². The lowest BCUT2D eigenvalue weighted by atomic mass is 9.74. The normalized spacial score (nSPS) is 33.3. The molecule has 0 aromatic rings. The summed E-state index contributed by atoms with van der Waals surface area (Å²) in [7, 11) is 2.35. The van der Waals surface area contributed by atoms with Crippen LogP contribution in [-0.4, -0.2) is 30.6 Å². The Morgan fingerprint density at radius 2 is 1.80 bits per heavy atom. The molecule has 2 nitrogen and oxygen atoms in total. The molecular formula is C18H36N2. The Morgan fingerprint density at radius 3 is 2.35 bits per heavy atom. The van der Waals surface area contributed by atoms with E-state index >= 15 is 0 Å². The fourth-order valence-electron chi connectivity index (χ4n) is 4.58. The molecular weight excluding hydrogens is 244 g/mol. The lowest BCUT2D eigenvalue weighted by Gasteiger charge is -2.45. The molecule has 2 aliphatic carbocycles. The molecule has 3 atom stereocenters. The molecule has 0 heterocycles. The molecule has 0 radical (unpaired) electrons. The van der Waals surface area contributed by atoms with E-state index in [1.165, 1.54) is 51.4 Å². The summed E-state index contributed by atoms with van der Waals surface area (Å²) in [5, 5.41) is 0. The van der Waals surface area contributed by atoms with Crippen molar-refractivity contribution in [3.05, 3.63) is 0 Å². The van der Waals surface area contributed by atoms with Gasteiger partial charge in [-0.05, 0) is 62.8 Å². The van der Waals surface area contributed by atoms with Gasteiger partial charge in [0.15, 0.2) is 0 Å². The first kappa shape index (κ1) is 16.3. The number of nitrogens with two attached hydrogens (primary N) is 1. The van der Waals surface area contributed by atoms with E-state index in [-0.39, 0.29) is 0 Å². The van der Waals surface area contributed by atoms with Crippen molar-refractivity contribution in [3.63, 3.8) is 0 Å².